The Balaban J connectivity index is 2.46. The minimum atomic E-state index is -0.696. The number of rotatable bonds is 2. The molecule has 1 aromatic rings. The van der Waals surface area contributed by atoms with Crippen LogP contribution < -0.4 is 16.2 Å². The van der Waals surface area contributed by atoms with Crippen molar-refractivity contribution in [3.05, 3.63) is 28.2 Å². The summed E-state index contributed by atoms with van der Waals surface area (Å²) in [6.07, 6.45) is 1.86. The van der Waals surface area contributed by atoms with Gasteiger partial charge in [0, 0.05) is 22.6 Å². The van der Waals surface area contributed by atoms with Gasteiger partial charge in [0.15, 0.2) is 11.2 Å². The molecule has 1 heterocycles. The Hall–Kier alpha value is -1.54. The maximum Gasteiger partial charge on any atom is 0.267 e. The molecule has 0 saturated carbocycles. The van der Waals surface area contributed by atoms with Gasteiger partial charge in [-0.25, -0.2) is 4.99 Å². The molecule has 0 bridgehead atoms. The first-order valence-electron chi connectivity index (χ1n) is 5.76. The molecule has 0 radical (unpaired) electrons. The quantitative estimate of drug-likeness (QED) is 0.754. The number of hydrogen-bond donors (Lipinski definition) is 3. The number of aliphatic imine (C=N–C) groups is 1. The molecule has 8 heteroatoms. The standard InChI is InChI=1S/C12H13BrN4O2S/c1-6(18)14-9-4-3-7(13)5-8(9)10-11(19)16-17-12(15-10)20-2/h3-5,10H,1-2H3,(H,14,18)(H,15,17)(H,16,19). The Labute approximate surface area is 128 Å². The van der Waals surface area contributed by atoms with Crippen LogP contribution in [-0.2, 0) is 9.59 Å². The smallest absolute Gasteiger partial charge is 0.267 e. The monoisotopic (exact) mass is 356 g/mol. The van der Waals surface area contributed by atoms with Gasteiger partial charge in [0.1, 0.15) is 0 Å². The first kappa shape index (κ1) is 14.9. The summed E-state index contributed by atoms with van der Waals surface area (Å²) in [7, 11) is 0. The van der Waals surface area contributed by atoms with Crippen LogP contribution in [0.25, 0.3) is 0 Å². The van der Waals surface area contributed by atoms with Crippen LogP contribution in [0.1, 0.15) is 18.5 Å². The van der Waals surface area contributed by atoms with Crippen molar-refractivity contribution in [3.8, 4) is 0 Å². The van der Waals surface area contributed by atoms with Gasteiger partial charge in [-0.2, -0.15) is 0 Å². The highest BCUT2D eigenvalue weighted by Gasteiger charge is 2.27. The highest BCUT2D eigenvalue weighted by Crippen LogP contribution is 2.30. The largest absolute Gasteiger partial charge is 0.326 e. The molecule has 1 aromatic carbocycles. The predicted octanol–water partition coefficient (Wildman–Crippen LogP) is 1.80. The number of benzene rings is 1. The van der Waals surface area contributed by atoms with E-state index in [-0.39, 0.29) is 11.8 Å². The van der Waals surface area contributed by atoms with Gasteiger partial charge in [0.05, 0.1) is 0 Å². The van der Waals surface area contributed by atoms with E-state index in [0.29, 0.717) is 16.4 Å². The number of thioether (sulfide) groups is 1. The second kappa shape index (κ2) is 6.27. The zero-order valence-corrected chi connectivity index (χ0v) is 13.3. The summed E-state index contributed by atoms with van der Waals surface area (Å²) in [5.74, 6) is -0.468. The van der Waals surface area contributed by atoms with Crippen LogP contribution in [0.2, 0.25) is 0 Å². The second-order valence-corrected chi connectivity index (χ2v) is 5.78. The van der Waals surface area contributed by atoms with E-state index >= 15 is 0 Å². The van der Waals surface area contributed by atoms with Crippen molar-refractivity contribution in [1.82, 2.24) is 10.9 Å². The lowest BCUT2D eigenvalue weighted by molar-refractivity contribution is -0.123. The third kappa shape index (κ3) is 3.31. The van der Waals surface area contributed by atoms with Crippen LogP contribution >= 0.6 is 27.7 Å². The Morgan fingerprint density at radius 1 is 1.45 bits per heavy atom. The first-order chi connectivity index (χ1) is 9.51. The van der Waals surface area contributed by atoms with Gasteiger partial charge in [0.2, 0.25) is 5.91 Å². The van der Waals surface area contributed by atoms with Crippen molar-refractivity contribution in [2.24, 2.45) is 4.99 Å². The fourth-order valence-corrected chi connectivity index (χ4v) is 2.51. The molecule has 20 heavy (non-hydrogen) atoms. The van der Waals surface area contributed by atoms with Gasteiger partial charge in [-0.15, -0.1) is 0 Å². The van der Waals surface area contributed by atoms with E-state index in [1.165, 1.54) is 18.7 Å². The minimum Gasteiger partial charge on any atom is -0.326 e. The van der Waals surface area contributed by atoms with Crippen LogP contribution in [0.4, 0.5) is 5.69 Å². The van der Waals surface area contributed by atoms with E-state index in [1.54, 1.807) is 18.2 Å². The molecule has 1 unspecified atom stereocenters. The van der Waals surface area contributed by atoms with Crippen molar-refractivity contribution in [3.63, 3.8) is 0 Å². The molecule has 0 fully saturated rings. The summed E-state index contributed by atoms with van der Waals surface area (Å²) in [6.45, 7) is 1.42. The average Bonchev–Trinajstić information content (AvgIpc) is 2.41. The lowest BCUT2D eigenvalue weighted by atomic mass is 10.0. The molecule has 1 aliphatic rings. The lowest BCUT2D eigenvalue weighted by Crippen LogP contribution is -2.47. The summed E-state index contributed by atoms with van der Waals surface area (Å²) in [5.41, 5.74) is 6.49. The van der Waals surface area contributed by atoms with Crippen molar-refractivity contribution < 1.29 is 9.59 Å². The maximum absolute atomic E-state index is 12.0. The van der Waals surface area contributed by atoms with E-state index in [4.69, 9.17) is 0 Å². The summed E-state index contributed by atoms with van der Waals surface area (Å²) in [5, 5.41) is 3.33. The van der Waals surface area contributed by atoms with E-state index in [1.807, 2.05) is 6.26 Å². The Bertz CT molecular complexity index is 591. The number of carbonyl (C=O) groups is 2. The number of nitrogens with zero attached hydrogens (tertiary/aromatic N) is 1. The molecule has 3 N–H and O–H groups in total. The number of anilines is 1. The highest BCUT2D eigenvalue weighted by molar-refractivity contribution is 9.10. The second-order valence-electron chi connectivity index (χ2n) is 4.07. The number of amides is 2. The number of hydrogen-bond acceptors (Lipinski definition) is 5. The van der Waals surface area contributed by atoms with E-state index in [0.717, 1.165) is 4.47 Å². The molecule has 6 nitrogen and oxygen atoms in total. The Morgan fingerprint density at radius 2 is 2.20 bits per heavy atom. The van der Waals surface area contributed by atoms with Crippen LogP contribution in [-0.4, -0.2) is 23.2 Å². The average molecular weight is 357 g/mol. The minimum absolute atomic E-state index is 0.197. The molecule has 106 valence electrons. The first-order valence-corrected chi connectivity index (χ1v) is 7.77. The summed E-state index contributed by atoms with van der Waals surface area (Å²) in [4.78, 5) is 27.6. The van der Waals surface area contributed by atoms with Crippen LogP contribution in [0.5, 0.6) is 0 Å². The van der Waals surface area contributed by atoms with Crippen molar-refractivity contribution in [2.45, 2.75) is 13.0 Å². The number of hydrazine groups is 1. The summed E-state index contributed by atoms with van der Waals surface area (Å²) >= 11 is 4.76. The van der Waals surface area contributed by atoms with Crippen LogP contribution in [0.3, 0.4) is 0 Å². The Morgan fingerprint density at radius 3 is 2.85 bits per heavy atom. The van der Waals surface area contributed by atoms with Gasteiger partial charge in [-0.05, 0) is 24.5 Å². The number of amidine groups is 1. The van der Waals surface area contributed by atoms with Gasteiger partial charge >= 0.3 is 0 Å². The van der Waals surface area contributed by atoms with Crippen molar-refractivity contribution in [1.29, 1.82) is 0 Å². The number of halogens is 1. The van der Waals surface area contributed by atoms with Gasteiger partial charge in [0.25, 0.3) is 5.91 Å². The molecular formula is C12H13BrN4O2S. The highest BCUT2D eigenvalue weighted by atomic mass is 79.9. The zero-order chi connectivity index (χ0) is 14.7. The predicted molar refractivity (Wildman–Crippen MR) is 83.4 cm³/mol. The topological polar surface area (TPSA) is 82.6 Å². The molecule has 0 aromatic heterocycles. The fraction of sp³-hybridized carbons (Fsp3) is 0.250. The van der Waals surface area contributed by atoms with Crippen LogP contribution in [0.15, 0.2) is 27.7 Å². The van der Waals surface area contributed by atoms with E-state index in [2.05, 4.69) is 37.1 Å². The Kier molecular flexibility index (Phi) is 4.66. The molecule has 2 amide bonds. The van der Waals surface area contributed by atoms with Gasteiger partial charge < -0.3 is 5.32 Å². The van der Waals surface area contributed by atoms with E-state index < -0.39 is 6.04 Å². The molecule has 0 spiro atoms. The third-order valence-corrected chi connectivity index (χ3v) is 3.69. The molecular weight excluding hydrogens is 344 g/mol. The van der Waals surface area contributed by atoms with Crippen LogP contribution in [0, 0.1) is 0 Å². The van der Waals surface area contributed by atoms with Crippen molar-refractivity contribution >= 4 is 50.4 Å². The molecule has 0 aliphatic carbocycles. The molecule has 1 aliphatic heterocycles. The molecule has 1 atom stereocenters. The fourth-order valence-electron chi connectivity index (χ4n) is 1.77. The van der Waals surface area contributed by atoms with Gasteiger partial charge in [-0.3, -0.25) is 20.4 Å². The summed E-state index contributed by atoms with van der Waals surface area (Å²) < 4.78 is 0.814. The molecule has 0 saturated heterocycles. The third-order valence-electron chi connectivity index (χ3n) is 2.60. The normalized spacial score (nSPS) is 17.9. The number of nitrogens with one attached hydrogen (secondary N) is 3. The summed E-state index contributed by atoms with van der Waals surface area (Å²) in [6, 6.07) is 4.62. The van der Waals surface area contributed by atoms with Gasteiger partial charge in [-0.1, -0.05) is 27.7 Å². The van der Waals surface area contributed by atoms with Crippen molar-refractivity contribution in [2.75, 3.05) is 11.6 Å². The molecule has 2 rings (SSSR count). The lowest BCUT2D eigenvalue weighted by Gasteiger charge is -2.23. The maximum atomic E-state index is 12.0. The van der Waals surface area contributed by atoms with E-state index in [9.17, 15) is 9.59 Å². The zero-order valence-electron chi connectivity index (χ0n) is 10.9. The SMILES string of the molecule is CSC1=NC(c2cc(Br)ccc2NC(C)=O)C(=O)NN1. The number of carbonyl (C=O) groups excluding carboxylic acids is 2.